The van der Waals surface area contributed by atoms with Gasteiger partial charge in [-0.3, -0.25) is 0 Å². The second-order valence-corrected chi connectivity index (χ2v) is 4.96. The van der Waals surface area contributed by atoms with Crippen LogP contribution in [-0.4, -0.2) is 28.3 Å². The topological polar surface area (TPSA) is 62.4 Å². The van der Waals surface area contributed by atoms with Crippen LogP contribution in [0.1, 0.15) is 25.7 Å². The monoisotopic (exact) mass is 277 g/mol. The summed E-state index contributed by atoms with van der Waals surface area (Å²) < 4.78 is 18.1. The Labute approximate surface area is 116 Å². The van der Waals surface area contributed by atoms with E-state index in [2.05, 4.69) is 15.0 Å². The lowest BCUT2D eigenvalue weighted by atomic mass is 10.2. The van der Waals surface area contributed by atoms with Gasteiger partial charge in [-0.1, -0.05) is 12.8 Å². The molecule has 0 atom stereocenters. The van der Waals surface area contributed by atoms with Crippen LogP contribution in [0.4, 0.5) is 10.3 Å². The second-order valence-electron chi connectivity index (χ2n) is 4.96. The normalized spacial score (nSPS) is 16.1. The van der Waals surface area contributed by atoms with E-state index < -0.39 is 5.82 Å². The molecule has 2 heterocycles. The summed E-state index contributed by atoms with van der Waals surface area (Å²) in [7, 11) is 0. The zero-order valence-corrected chi connectivity index (χ0v) is 11.0. The standard InChI is InChI=1S/C14H16FN3O2/c15-10-5-6-11(12(19)9-10)13-16-14(17-20-13)18-7-3-1-2-4-8-18/h5-6,9,19H,1-4,7-8H2. The second kappa shape index (κ2) is 5.48. The number of rotatable bonds is 2. The summed E-state index contributed by atoms with van der Waals surface area (Å²) in [4.78, 5) is 6.39. The van der Waals surface area contributed by atoms with Gasteiger partial charge in [-0.15, -0.1) is 0 Å². The third-order valence-electron chi connectivity index (χ3n) is 3.49. The molecule has 106 valence electrons. The number of phenols is 1. The maximum atomic E-state index is 13.0. The summed E-state index contributed by atoms with van der Waals surface area (Å²) in [6.45, 7) is 1.82. The Bertz CT molecular complexity index is 592. The van der Waals surface area contributed by atoms with E-state index in [4.69, 9.17) is 4.52 Å². The lowest BCUT2D eigenvalue weighted by Gasteiger charge is -2.16. The van der Waals surface area contributed by atoms with Crippen LogP contribution in [0.5, 0.6) is 5.75 Å². The fourth-order valence-electron chi connectivity index (χ4n) is 2.41. The predicted molar refractivity (Wildman–Crippen MR) is 72.0 cm³/mol. The van der Waals surface area contributed by atoms with Crippen molar-refractivity contribution in [2.24, 2.45) is 0 Å². The largest absolute Gasteiger partial charge is 0.507 e. The van der Waals surface area contributed by atoms with Crippen molar-refractivity contribution in [1.29, 1.82) is 0 Å². The SMILES string of the molecule is Oc1cc(F)ccc1-c1nc(N2CCCCCC2)no1. The fraction of sp³-hybridized carbons (Fsp3) is 0.429. The van der Waals surface area contributed by atoms with Gasteiger partial charge >= 0.3 is 0 Å². The molecular formula is C14H16FN3O2. The van der Waals surface area contributed by atoms with Crippen molar-refractivity contribution in [2.45, 2.75) is 25.7 Å². The first-order chi connectivity index (χ1) is 9.74. The summed E-state index contributed by atoms with van der Waals surface area (Å²) in [5.74, 6) is 0.0435. The molecule has 0 radical (unpaired) electrons. The number of phenolic OH excluding ortho intramolecular Hbond substituents is 1. The molecule has 6 heteroatoms. The first-order valence-electron chi connectivity index (χ1n) is 6.81. The predicted octanol–water partition coefficient (Wildman–Crippen LogP) is 2.96. The molecule has 1 saturated heterocycles. The molecule has 0 bridgehead atoms. The number of benzene rings is 1. The van der Waals surface area contributed by atoms with E-state index in [0.29, 0.717) is 11.5 Å². The smallest absolute Gasteiger partial charge is 0.266 e. The molecule has 5 nitrogen and oxygen atoms in total. The molecule has 0 unspecified atom stereocenters. The van der Waals surface area contributed by atoms with Gasteiger partial charge in [0.2, 0.25) is 0 Å². The van der Waals surface area contributed by atoms with E-state index in [1.807, 2.05) is 0 Å². The summed E-state index contributed by atoms with van der Waals surface area (Å²) >= 11 is 0. The first-order valence-corrected chi connectivity index (χ1v) is 6.81. The highest BCUT2D eigenvalue weighted by Crippen LogP contribution is 2.29. The molecule has 3 rings (SSSR count). The van der Waals surface area contributed by atoms with Crippen molar-refractivity contribution < 1.29 is 14.0 Å². The minimum absolute atomic E-state index is 0.198. The Morgan fingerprint density at radius 3 is 2.60 bits per heavy atom. The van der Waals surface area contributed by atoms with E-state index in [-0.39, 0.29) is 11.6 Å². The van der Waals surface area contributed by atoms with Gasteiger partial charge in [-0.25, -0.2) is 4.39 Å². The Balaban J connectivity index is 1.85. The van der Waals surface area contributed by atoms with E-state index >= 15 is 0 Å². The number of aromatic hydroxyl groups is 1. The van der Waals surface area contributed by atoms with E-state index in [9.17, 15) is 9.50 Å². The number of hydrogen-bond acceptors (Lipinski definition) is 5. The molecule has 20 heavy (non-hydrogen) atoms. The van der Waals surface area contributed by atoms with Crippen molar-refractivity contribution in [3.05, 3.63) is 24.0 Å². The summed E-state index contributed by atoms with van der Waals surface area (Å²) in [5, 5.41) is 13.7. The van der Waals surface area contributed by atoms with Crippen molar-refractivity contribution >= 4 is 5.95 Å². The van der Waals surface area contributed by atoms with Crippen molar-refractivity contribution in [3.63, 3.8) is 0 Å². The molecule has 0 aliphatic carbocycles. The lowest BCUT2D eigenvalue weighted by molar-refractivity contribution is 0.422. The van der Waals surface area contributed by atoms with Gasteiger partial charge in [0.25, 0.3) is 11.8 Å². The molecule has 1 aromatic carbocycles. The van der Waals surface area contributed by atoms with Gasteiger partial charge in [0.05, 0.1) is 5.56 Å². The lowest BCUT2D eigenvalue weighted by Crippen LogP contribution is -2.24. The van der Waals surface area contributed by atoms with Crippen molar-refractivity contribution in [3.8, 4) is 17.2 Å². The molecule has 1 aliphatic heterocycles. The Morgan fingerprint density at radius 1 is 1.15 bits per heavy atom. The zero-order valence-electron chi connectivity index (χ0n) is 11.0. The third-order valence-corrected chi connectivity index (χ3v) is 3.49. The number of nitrogens with zero attached hydrogens (tertiary/aromatic N) is 3. The molecule has 1 fully saturated rings. The number of anilines is 1. The highest BCUT2D eigenvalue weighted by atomic mass is 19.1. The van der Waals surface area contributed by atoms with E-state index in [1.54, 1.807) is 0 Å². The number of halogens is 1. The van der Waals surface area contributed by atoms with E-state index in [0.717, 1.165) is 32.0 Å². The minimum Gasteiger partial charge on any atom is -0.507 e. The van der Waals surface area contributed by atoms with E-state index in [1.165, 1.54) is 25.0 Å². The Kier molecular flexibility index (Phi) is 3.54. The quantitative estimate of drug-likeness (QED) is 0.914. The maximum absolute atomic E-state index is 13.0. The first kappa shape index (κ1) is 12.9. The molecule has 1 N–H and O–H groups in total. The molecule has 2 aromatic rings. The van der Waals surface area contributed by atoms with Crippen LogP contribution in [0.3, 0.4) is 0 Å². The average Bonchev–Trinajstić information content (AvgIpc) is 2.74. The van der Waals surface area contributed by atoms with Crippen molar-refractivity contribution in [2.75, 3.05) is 18.0 Å². The summed E-state index contributed by atoms with van der Waals surface area (Å²) in [5.41, 5.74) is 0.347. The highest BCUT2D eigenvalue weighted by Gasteiger charge is 2.18. The van der Waals surface area contributed by atoms with Gasteiger partial charge in [0, 0.05) is 19.2 Å². The van der Waals surface area contributed by atoms with Crippen LogP contribution in [0.2, 0.25) is 0 Å². The fourth-order valence-corrected chi connectivity index (χ4v) is 2.41. The van der Waals surface area contributed by atoms with Crippen LogP contribution >= 0.6 is 0 Å². The van der Waals surface area contributed by atoms with Gasteiger partial charge in [-0.2, -0.15) is 4.98 Å². The zero-order chi connectivity index (χ0) is 13.9. The van der Waals surface area contributed by atoms with Crippen LogP contribution in [0.25, 0.3) is 11.5 Å². The maximum Gasteiger partial charge on any atom is 0.266 e. The van der Waals surface area contributed by atoms with Gasteiger partial charge < -0.3 is 14.5 Å². The highest BCUT2D eigenvalue weighted by molar-refractivity contribution is 5.62. The van der Waals surface area contributed by atoms with Crippen LogP contribution < -0.4 is 4.90 Å². The van der Waals surface area contributed by atoms with Gasteiger partial charge in [-0.05, 0) is 30.1 Å². The third kappa shape index (κ3) is 2.59. The van der Waals surface area contributed by atoms with Gasteiger partial charge in [0.15, 0.2) is 0 Å². The van der Waals surface area contributed by atoms with Gasteiger partial charge in [0.1, 0.15) is 11.6 Å². The number of aromatic nitrogens is 2. The van der Waals surface area contributed by atoms with Crippen molar-refractivity contribution in [1.82, 2.24) is 10.1 Å². The summed E-state index contributed by atoms with van der Waals surface area (Å²) in [6, 6.07) is 3.72. The molecule has 0 saturated carbocycles. The van der Waals surface area contributed by atoms with Crippen LogP contribution in [0, 0.1) is 5.82 Å². The molecule has 1 aliphatic rings. The Morgan fingerprint density at radius 2 is 1.90 bits per heavy atom. The van der Waals surface area contributed by atoms with Crippen LogP contribution in [-0.2, 0) is 0 Å². The average molecular weight is 277 g/mol. The molecule has 1 aromatic heterocycles. The molecular weight excluding hydrogens is 261 g/mol. The molecule has 0 spiro atoms. The number of hydrogen-bond donors (Lipinski definition) is 1. The Hall–Kier alpha value is -2.11. The minimum atomic E-state index is -0.501. The summed E-state index contributed by atoms with van der Waals surface area (Å²) in [6.07, 6.45) is 4.68. The molecule has 0 amide bonds. The van der Waals surface area contributed by atoms with Crippen LogP contribution in [0.15, 0.2) is 22.7 Å².